The topological polar surface area (TPSA) is 65.1 Å². The fraction of sp³-hybridized carbons (Fsp3) is 0.484. The first-order valence-electron chi connectivity index (χ1n) is 13.7. The van der Waals surface area contributed by atoms with E-state index < -0.39 is 8.24 Å². The van der Waals surface area contributed by atoms with Crippen molar-refractivity contribution in [3.8, 4) is 11.1 Å². The molecule has 0 bridgehead atoms. The molecule has 38 heavy (non-hydrogen) atoms. The van der Waals surface area contributed by atoms with E-state index in [9.17, 15) is 9.59 Å². The minimum atomic E-state index is -2.01. The highest BCUT2D eigenvalue weighted by molar-refractivity contribution is 6.75. The molecule has 1 aliphatic carbocycles. The van der Waals surface area contributed by atoms with Crippen molar-refractivity contribution in [1.29, 1.82) is 0 Å². The van der Waals surface area contributed by atoms with E-state index in [2.05, 4.69) is 62.1 Å². The van der Waals surface area contributed by atoms with Crippen molar-refractivity contribution in [2.75, 3.05) is 13.7 Å². The van der Waals surface area contributed by atoms with Gasteiger partial charge >= 0.3 is 12.1 Å². The van der Waals surface area contributed by atoms with E-state index in [4.69, 9.17) is 14.2 Å². The summed E-state index contributed by atoms with van der Waals surface area (Å²) in [7, 11) is -0.596. The van der Waals surface area contributed by atoms with E-state index in [0.717, 1.165) is 24.8 Å². The molecular weight excluding hydrogens is 494 g/mol. The summed E-state index contributed by atoms with van der Waals surface area (Å²) in [6, 6.07) is 18.9. The molecule has 1 aliphatic rings. The molecule has 0 heterocycles. The Kier molecular flexibility index (Phi) is 11.2. The minimum absolute atomic E-state index is 0.0346. The molecule has 6 nitrogen and oxygen atoms in total. The Morgan fingerprint density at radius 1 is 0.974 bits per heavy atom. The third kappa shape index (κ3) is 8.30. The van der Waals surface area contributed by atoms with Crippen LogP contribution >= 0.6 is 0 Å². The van der Waals surface area contributed by atoms with E-state index in [1.807, 2.05) is 35.8 Å². The zero-order chi connectivity index (χ0) is 27.5. The summed E-state index contributed by atoms with van der Waals surface area (Å²) in [5.74, 6) is -0.0517. The molecule has 0 aromatic heterocycles. The van der Waals surface area contributed by atoms with Crippen LogP contribution in [0.4, 0.5) is 4.79 Å². The molecule has 1 saturated carbocycles. The number of allylic oxidation sites excluding steroid dienone is 2. The Hall–Kier alpha value is -2.90. The number of carbonyl (C=O) groups excluding carboxylic acids is 2. The number of hydrogen-bond donors (Lipinski definition) is 0. The molecule has 3 atom stereocenters. The highest BCUT2D eigenvalue weighted by atomic mass is 28.3. The van der Waals surface area contributed by atoms with Gasteiger partial charge in [0.15, 0.2) is 8.24 Å². The second kappa shape index (κ2) is 14.3. The highest BCUT2D eigenvalue weighted by Crippen LogP contribution is 2.38. The zero-order valence-electron chi connectivity index (χ0n) is 23.5. The van der Waals surface area contributed by atoms with E-state index in [1.165, 1.54) is 18.2 Å². The van der Waals surface area contributed by atoms with Crippen molar-refractivity contribution < 1.29 is 23.8 Å². The molecule has 0 N–H and O–H groups in total. The van der Waals surface area contributed by atoms with Crippen LogP contribution in [0.3, 0.4) is 0 Å². The van der Waals surface area contributed by atoms with Crippen molar-refractivity contribution in [3.63, 3.8) is 0 Å². The lowest BCUT2D eigenvalue weighted by molar-refractivity contribution is -0.140. The van der Waals surface area contributed by atoms with Gasteiger partial charge in [0.1, 0.15) is 0 Å². The fourth-order valence-corrected chi connectivity index (χ4v) is 7.18. The lowest BCUT2D eigenvalue weighted by Gasteiger charge is -2.41. The van der Waals surface area contributed by atoms with Gasteiger partial charge in [-0.15, -0.1) is 0 Å². The summed E-state index contributed by atoms with van der Waals surface area (Å²) in [6.07, 6.45) is 7.56. The number of methoxy groups -OCH3 is 1. The van der Waals surface area contributed by atoms with Gasteiger partial charge in [0, 0.05) is 18.4 Å². The molecule has 0 spiro atoms. The normalized spacial score (nSPS) is 19.4. The van der Waals surface area contributed by atoms with Crippen molar-refractivity contribution in [2.45, 2.75) is 77.4 Å². The number of carbonyl (C=O) groups is 2. The average molecular weight is 538 g/mol. The van der Waals surface area contributed by atoms with Crippen LogP contribution in [0.25, 0.3) is 11.1 Å². The number of hydrogen-bond acceptors (Lipinski definition) is 5. The predicted octanol–water partition coefficient (Wildman–Crippen LogP) is 7.21. The molecule has 7 heteroatoms. The quantitative estimate of drug-likeness (QED) is 0.163. The van der Waals surface area contributed by atoms with Gasteiger partial charge in [-0.05, 0) is 49.3 Å². The lowest BCUT2D eigenvalue weighted by atomic mass is 9.96. The Morgan fingerprint density at radius 3 is 2.29 bits per heavy atom. The molecule has 0 radical (unpaired) electrons. The Bertz CT molecular complexity index is 1050. The molecule has 1 amide bonds. The summed E-state index contributed by atoms with van der Waals surface area (Å²) in [5, 5.41) is 0. The number of rotatable bonds is 12. The lowest BCUT2D eigenvalue weighted by Crippen LogP contribution is -2.57. The first-order valence-corrected chi connectivity index (χ1v) is 17.1. The maximum Gasteiger partial charge on any atom is 0.401 e. The van der Waals surface area contributed by atoms with Crippen LogP contribution in [0.15, 0.2) is 66.7 Å². The maximum absolute atomic E-state index is 13.1. The monoisotopic (exact) mass is 537 g/mol. The van der Waals surface area contributed by atoms with Crippen molar-refractivity contribution in [1.82, 2.24) is 4.57 Å². The number of nitrogens with zero attached hydrogens (tertiary/aromatic N) is 1. The molecular formula is C31H43NO5Si. The van der Waals surface area contributed by atoms with E-state index in [0.29, 0.717) is 26.1 Å². The van der Waals surface area contributed by atoms with Crippen molar-refractivity contribution in [2.24, 2.45) is 5.92 Å². The third-order valence-electron chi connectivity index (χ3n) is 7.08. The Morgan fingerprint density at radius 2 is 1.66 bits per heavy atom. The molecule has 0 saturated heterocycles. The largest absolute Gasteiger partial charge is 0.469 e. The van der Waals surface area contributed by atoms with E-state index in [-0.39, 0.29) is 30.1 Å². The summed E-state index contributed by atoms with van der Waals surface area (Å²) in [6.45, 7) is 9.32. The molecule has 0 aliphatic heterocycles. The van der Waals surface area contributed by atoms with Crippen LogP contribution < -0.4 is 0 Å². The van der Waals surface area contributed by atoms with Crippen molar-refractivity contribution in [3.05, 3.63) is 72.3 Å². The van der Waals surface area contributed by atoms with E-state index >= 15 is 0 Å². The summed E-state index contributed by atoms with van der Waals surface area (Å²) < 4.78 is 18.8. The number of amides is 1. The second-order valence-electron chi connectivity index (χ2n) is 10.8. The standard InChI is InChI=1S/C31H43NO5Si/c1-6-36-31(34)32(38(3,4)5)28-21-22-29(27(28)15-11-8-12-16-30(33)35-2)37-23-24-17-19-26(20-18-24)25-13-9-7-10-14-25/h7-11,13-14,17-20,27-29H,6,12,15-16,21-23H2,1-5H3/t27-,28+,29+/m1/s1. The summed E-state index contributed by atoms with van der Waals surface area (Å²) in [4.78, 5) is 24.5. The fourth-order valence-electron chi connectivity index (χ4n) is 5.25. The van der Waals surface area contributed by atoms with Crippen LogP contribution in [-0.2, 0) is 25.6 Å². The van der Waals surface area contributed by atoms with Crippen LogP contribution in [0, 0.1) is 5.92 Å². The molecule has 1 fully saturated rings. The third-order valence-corrected chi connectivity index (χ3v) is 9.04. The van der Waals surface area contributed by atoms with Crippen LogP contribution in [-0.4, -0.2) is 50.7 Å². The SMILES string of the molecule is CCOC(=O)N([C@H]1CC[C@H](OCc2ccc(-c3ccccc3)cc2)[C@@H]1CC=CCCC(=O)OC)[Si](C)(C)C. The molecule has 0 unspecified atom stereocenters. The van der Waals surface area contributed by atoms with Gasteiger partial charge in [-0.3, -0.25) is 4.79 Å². The van der Waals surface area contributed by atoms with Crippen LogP contribution in [0.1, 0.15) is 44.6 Å². The predicted molar refractivity (Wildman–Crippen MR) is 154 cm³/mol. The van der Waals surface area contributed by atoms with Gasteiger partial charge < -0.3 is 18.8 Å². The van der Waals surface area contributed by atoms with E-state index in [1.54, 1.807) is 0 Å². The first kappa shape index (κ1) is 29.6. The molecule has 2 aromatic carbocycles. The number of ether oxygens (including phenoxy) is 3. The molecule has 3 rings (SSSR count). The smallest absolute Gasteiger partial charge is 0.401 e. The summed E-state index contributed by atoms with van der Waals surface area (Å²) in [5.41, 5.74) is 3.52. The minimum Gasteiger partial charge on any atom is -0.469 e. The van der Waals surface area contributed by atoms with Crippen molar-refractivity contribution >= 4 is 20.3 Å². The number of benzene rings is 2. The first-order chi connectivity index (χ1) is 18.2. The maximum atomic E-state index is 13.1. The van der Waals surface area contributed by atoms with Gasteiger partial charge in [0.05, 0.1) is 26.4 Å². The van der Waals surface area contributed by atoms with Gasteiger partial charge in [-0.1, -0.05) is 86.4 Å². The van der Waals surface area contributed by atoms with Gasteiger partial charge in [0.2, 0.25) is 0 Å². The number of esters is 1. The van der Waals surface area contributed by atoms with Gasteiger partial charge in [-0.25, -0.2) is 4.79 Å². The average Bonchev–Trinajstić information content (AvgIpc) is 3.29. The van der Waals surface area contributed by atoms with Gasteiger partial charge in [-0.2, -0.15) is 0 Å². The Labute approximate surface area is 229 Å². The van der Waals surface area contributed by atoms with Crippen LogP contribution in [0.5, 0.6) is 0 Å². The molecule has 206 valence electrons. The molecule has 2 aromatic rings. The van der Waals surface area contributed by atoms with Crippen LogP contribution in [0.2, 0.25) is 19.6 Å². The zero-order valence-corrected chi connectivity index (χ0v) is 24.5. The van der Waals surface area contributed by atoms with Gasteiger partial charge in [0.25, 0.3) is 0 Å². The Balaban J connectivity index is 1.72. The second-order valence-corrected chi connectivity index (χ2v) is 15.6. The highest BCUT2D eigenvalue weighted by Gasteiger charge is 2.45. The summed E-state index contributed by atoms with van der Waals surface area (Å²) >= 11 is 0.